The van der Waals surface area contributed by atoms with Crippen molar-refractivity contribution in [3.63, 3.8) is 0 Å². The molecule has 0 unspecified atom stereocenters. The summed E-state index contributed by atoms with van der Waals surface area (Å²) >= 11 is 6.20. The maximum atomic E-state index is 12.7. The predicted octanol–water partition coefficient (Wildman–Crippen LogP) is 5.23. The van der Waals surface area contributed by atoms with Gasteiger partial charge in [0.1, 0.15) is 0 Å². The van der Waals surface area contributed by atoms with Gasteiger partial charge in [0.25, 0.3) is 0 Å². The molecule has 0 spiro atoms. The number of aromatic nitrogens is 1. The second-order valence-electron chi connectivity index (χ2n) is 6.83. The van der Waals surface area contributed by atoms with Crippen LogP contribution in [0.1, 0.15) is 55.3 Å². The fourth-order valence-corrected chi connectivity index (χ4v) is 3.70. The SMILES string of the molecule is O=C(c1cnc2ccc(Cl)cc2c1NC1CCCCC1)C1CC1. The number of carbonyl (C=O) groups is 1. The molecule has 2 aliphatic carbocycles. The molecule has 0 amide bonds. The molecule has 0 aliphatic heterocycles. The molecule has 1 aromatic carbocycles. The summed E-state index contributed by atoms with van der Waals surface area (Å²) in [6, 6.07) is 6.15. The Morgan fingerprint density at radius 1 is 1.13 bits per heavy atom. The minimum Gasteiger partial charge on any atom is -0.381 e. The first kappa shape index (κ1) is 14.9. The van der Waals surface area contributed by atoms with Crippen LogP contribution in [0.2, 0.25) is 5.02 Å². The third-order valence-corrected chi connectivity index (χ3v) is 5.23. The van der Waals surface area contributed by atoms with E-state index in [-0.39, 0.29) is 11.7 Å². The minimum atomic E-state index is 0.195. The van der Waals surface area contributed by atoms with E-state index in [0.29, 0.717) is 11.1 Å². The highest BCUT2D eigenvalue weighted by Crippen LogP contribution is 2.38. The van der Waals surface area contributed by atoms with Gasteiger partial charge in [0.2, 0.25) is 0 Å². The van der Waals surface area contributed by atoms with Gasteiger partial charge in [0.05, 0.1) is 16.8 Å². The topological polar surface area (TPSA) is 42.0 Å². The van der Waals surface area contributed by atoms with Crippen LogP contribution in [0, 0.1) is 5.92 Å². The van der Waals surface area contributed by atoms with E-state index in [1.807, 2.05) is 18.2 Å². The lowest BCUT2D eigenvalue weighted by atomic mass is 9.94. The number of hydrogen-bond donors (Lipinski definition) is 1. The van der Waals surface area contributed by atoms with E-state index in [0.717, 1.165) is 35.0 Å². The normalized spacial score (nSPS) is 19.0. The zero-order valence-electron chi connectivity index (χ0n) is 13.1. The largest absolute Gasteiger partial charge is 0.381 e. The van der Waals surface area contributed by atoms with Gasteiger partial charge in [-0.25, -0.2) is 0 Å². The van der Waals surface area contributed by atoms with Gasteiger partial charge in [-0.3, -0.25) is 9.78 Å². The second-order valence-corrected chi connectivity index (χ2v) is 7.26. The molecule has 4 rings (SSSR count). The molecule has 2 aromatic rings. The van der Waals surface area contributed by atoms with E-state index in [1.54, 1.807) is 6.20 Å². The number of nitrogens with one attached hydrogen (secondary N) is 1. The Morgan fingerprint density at radius 3 is 2.65 bits per heavy atom. The van der Waals surface area contributed by atoms with E-state index in [4.69, 9.17) is 11.6 Å². The molecule has 23 heavy (non-hydrogen) atoms. The van der Waals surface area contributed by atoms with E-state index >= 15 is 0 Å². The van der Waals surface area contributed by atoms with Gasteiger partial charge in [-0.05, 0) is 43.9 Å². The number of rotatable bonds is 4. The molecule has 4 heteroatoms. The first-order valence-electron chi connectivity index (χ1n) is 8.61. The van der Waals surface area contributed by atoms with Crippen molar-refractivity contribution < 1.29 is 4.79 Å². The highest BCUT2D eigenvalue weighted by Gasteiger charge is 2.33. The number of carbonyl (C=O) groups excluding carboxylic acids is 1. The molecule has 120 valence electrons. The van der Waals surface area contributed by atoms with Crippen LogP contribution in [-0.2, 0) is 0 Å². The van der Waals surface area contributed by atoms with Crippen LogP contribution in [0.5, 0.6) is 0 Å². The predicted molar refractivity (Wildman–Crippen MR) is 94.3 cm³/mol. The summed E-state index contributed by atoms with van der Waals surface area (Å²) in [6.45, 7) is 0. The average molecular weight is 329 g/mol. The molecule has 0 radical (unpaired) electrons. The van der Waals surface area contributed by atoms with Crippen molar-refractivity contribution in [2.45, 2.75) is 51.0 Å². The van der Waals surface area contributed by atoms with Crippen LogP contribution >= 0.6 is 11.6 Å². The molecular weight excluding hydrogens is 308 g/mol. The number of Topliss-reactive ketones (excluding diaryl/α,β-unsaturated/α-hetero) is 1. The minimum absolute atomic E-state index is 0.195. The maximum absolute atomic E-state index is 12.7. The third-order valence-electron chi connectivity index (χ3n) is 5.00. The number of hydrogen-bond acceptors (Lipinski definition) is 3. The first-order chi connectivity index (χ1) is 11.2. The quantitative estimate of drug-likeness (QED) is 0.782. The van der Waals surface area contributed by atoms with Gasteiger partial charge < -0.3 is 5.32 Å². The summed E-state index contributed by atoms with van der Waals surface area (Å²) in [7, 11) is 0. The Labute approximate surface area is 141 Å². The molecule has 1 aromatic heterocycles. The zero-order valence-corrected chi connectivity index (χ0v) is 13.9. The van der Waals surface area contributed by atoms with Crippen molar-refractivity contribution in [3.8, 4) is 0 Å². The molecule has 0 bridgehead atoms. The van der Waals surface area contributed by atoms with Crippen LogP contribution in [0.4, 0.5) is 5.69 Å². The molecule has 2 fully saturated rings. The summed E-state index contributed by atoms with van der Waals surface area (Å²) in [5.74, 6) is 0.429. The van der Waals surface area contributed by atoms with Crippen LogP contribution in [-0.4, -0.2) is 16.8 Å². The van der Waals surface area contributed by atoms with E-state index in [2.05, 4.69) is 10.3 Å². The summed E-state index contributed by atoms with van der Waals surface area (Å²) in [6.07, 6.45) is 9.94. The average Bonchev–Trinajstić information content (AvgIpc) is 3.41. The monoisotopic (exact) mass is 328 g/mol. The van der Waals surface area contributed by atoms with Gasteiger partial charge in [-0.1, -0.05) is 30.9 Å². The molecule has 2 saturated carbocycles. The summed E-state index contributed by atoms with van der Waals surface area (Å²) in [5, 5.41) is 5.31. The van der Waals surface area contributed by atoms with Crippen LogP contribution in [0.3, 0.4) is 0 Å². The Hall–Kier alpha value is -1.61. The number of nitrogens with zero attached hydrogens (tertiary/aromatic N) is 1. The molecule has 1 heterocycles. The van der Waals surface area contributed by atoms with E-state index in [1.165, 1.54) is 32.1 Å². The molecule has 0 saturated heterocycles. The standard InChI is InChI=1S/C19H21ClN2O/c20-13-8-9-17-15(10-13)18(22-14-4-2-1-3-5-14)16(11-21-17)19(23)12-6-7-12/h8-12,14H,1-7H2,(H,21,22). The lowest BCUT2D eigenvalue weighted by molar-refractivity contribution is 0.0968. The van der Waals surface area contributed by atoms with E-state index in [9.17, 15) is 4.79 Å². The zero-order chi connectivity index (χ0) is 15.8. The van der Waals surface area contributed by atoms with Gasteiger partial charge in [0, 0.05) is 28.6 Å². The highest BCUT2D eigenvalue weighted by molar-refractivity contribution is 6.31. The van der Waals surface area contributed by atoms with Crippen LogP contribution < -0.4 is 5.32 Å². The number of fused-ring (bicyclic) bond motifs is 1. The van der Waals surface area contributed by atoms with Crippen LogP contribution in [0.25, 0.3) is 10.9 Å². The fourth-order valence-electron chi connectivity index (χ4n) is 3.52. The first-order valence-corrected chi connectivity index (χ1v) is 8.99. The van der Waals surface area contributed by atoms with Gasteiger partial charge in [-0.2, -0.15) is 0 Å². The van der Waals surface area contributed by atoms with Crippen molar-refractivity contribution in [1.29, 1.82) is 0 Å². The van der Waals surface area contributed by atoms with Crippen molar-refractivity contribution in [2.75, 3.05) is 5.32 Å². The van der Waals surface area contributed by atoms with Crippen molar-refractivity contribution in [2.24, 2.45) is 5.92 Å². The lowest BCUT2D eigenvalue weighted by Gasteiger charge is -2.26. The summed E-state index contributed by atoms with van der Waals surface area (Å²) in [4.78, 5) is 17.2. The maximum Gasteiger partial charge on any atom is 0.169 e. The third kappa shape index (κ3) is 3.07. The number of pyridine rings is 1. The summed E-state index contributed by atoms with van der Waals surface area (Å²) < 4.78 is 0. The number of anilines is 1. The van der Waals surface area contributed by atoms with E-state index < -0.39 is 0 Å². The Kier molecular flexibility index (Phi) is 3.98. The molecular formula is C19H21ClN2O. The fraction of sp³-hybridized carbons (Fsp3) is 0.474. The Morgan fingerprint density at radius 2 is 1.91 bits per heavy atom. The van der Waals surface area contributed by atoms with Crippen molar-refractivity contribution in [1.82, 2.24) is 4.98 Å². The molecule has 1 N–H and O–H groups in total. The highest BCUT2D eigenvalue weighted by atomic mass is 35.5. The van der Waals surface area contributed by atoms with Gasteiger partial charge in [-0.15, -0.1) is 0 Å². The van der Waals surface area contributed by atoms with Gasteiger partial charge in [0.15, 0.2) is 5.78 Å². The molecule has 2 aliphatic rings. The smallest absolute Gasteiger partial charge is 0.169 e. The Bertz CT molecular complexity index is 748. The number of ketones is 1. The number of benzene rings is 1. The lowest BCUT2D eigenvalue weighted by Crippen LogP contribution is -2.24. The van der Waals surface area contributed by atoms with Crippen LogP contribution in [0.15, 0.2) is 24.4 Å². The Balaban J connectivity index is 1.79. The van der Waals surface area contributed by atoms with Gasteiger partial charge >= 0.3 is 0 Å². The van der Waals surface area contributed by atoms with Crippen molar-refractivity contribution in [3.05, 3.63) is 35.0 Å². The number of halogens is 1. The van der Waals surface area contributed by atoms with Crippen molar-refractivity contribution >= 4 is 34.0 Å². The molecule has 0 atom stereocenters. The summed E-state index contributed by atoms with van der Waals surface area (Å²) in [5.41, 5.74) is 2.58. The second kappa shape index (κ2) is 6.12. The molecule has 3 nitrogen and oxygen atoms in total.